The lowest BCUT2D eigenvalue weighted by molar-refractivity contribution is -0.137. The third-order valence-electron chi connectivity index (χ3n) is 5.10. The van der Waals surface area contributed by atoms with E-state index in [0.29, 0.717) is 5.56 Å². The van der Waals surface area contributed by atoms with Crippen LogP contribution in [0.1, 0.15) is 38.3 Å². The van der Waals surface area contributed by atoms with Crippen molar-refractivity contribution in [2.45, 2.75) is 18.3 Å². The average molecular weight is 411 g/mol. The molecule has 3 aromatic rings. The van der Waals surface area contributed by atoms with Crippen molar-refractivity contribution in [1.29, 1.82) is 0 Å². The molecule has 152 valence electrons. The Labute approximate surface area is 170 Å². The molecule has 3 aromatic carbocycles. The number of hydrogen-bond acceptors (Lipinski definition) is 3. The minimum atomic E-state index is -4.62. The van der Waals surface area contributed by atoms with Crippen molar-refractivity contribution in [3.05, 3.63) is 101 Å². The Morgan fingerprint density at radius 3 is 2.30 bits per heavy atom. The number of aliphatic hydroxyl groups is 1. The van der Waals surface area contributed by atoms with Crippen molar-refractivity contribution in [2.24, 2.45) is 0 Å². The molecule has 0 aliphatic carbocycles. The molecule has 1 atom stereocenters. The van der Waals surface area contributed by atoms with Gasteiger partial charge in [-0.05, 0) is 24.3 Å². The molecule has 4 rings (SSSR count). The van der Waals surface area contributed by atoms with Gasteiger partial charge in [-0.25, -0.2) is 0 Å². The Hall–Kier alpha value is -3.45. The molecule has 0 aromatic heterocycles. The Morgan fingerprint density at radius 2 is 1.60 bits per heavy atom. The summed E-state index contributed by atoms with van der Waals surface area (Å²) in [6.07, 6.45) is -5.13. The fourth-order valence-corrected chi connectivity index (χ4v) is 3.70. The molecule has 30 heavy (non-hydrogen) atoms. The van der Waals surface area contributed by atoms with Crippen LogP contribution < -0.4 is 4.90 Å². The maximum Gasteiger partial charge on any atom is 0.416 e. The van der Waals surface area contributed by atoms with Crippen molar-refractivity contribution < 1.29 is 27.9 Å². The molecule has 1 aliphatic rings. The van der Waals surface area contributed by atoms with Crippen LogP contribution in [-0.4, -0.2) is 16.8 Å². The number of ketones is 1. The van der Waals surface area contributed by atoms with E-state index in [4.69, 9.17) is 0 Å². The first-order chi connectivity index (χ1) is 14.2. The van der Waals surface area contributed by atoms with Crippen molar-refractivity contribution in [1.82, 2.24) is 0 Å². The molecule has 0 radical (unpaired) electrons. The van der Waals surface area contributed by atoms with Gasteiger partial charge in [0, 0.05) is 22.4 Å². The summed E-state index contributed by atoms with van der Waals surface area (Å²) in [5.74, 6) is -1.12. The minimum absolute atomic E-state index is 0.137. The molecule has 4 nitrogen and oxygen atoms in total. The molecular formula is C23H16F3NO3. The predicted octanol–water partition coefficient (Wildman–Crippen LogP) is 4.78. The van der Waals surface area contributed by atoms with Crippen LogP contribution in [0.4, 0.5) is 18.9 Å². The lowest BCUT2D eigenvalue weighted by atomic mass is 9.93. The lowest BCUT2D eigenvalue weighted by Crippen LogP contribution is -2.45. The number of fused-ring (bicyclic) bond motifs is 1. The number of alkyl halides is 3. The van der Waals surface area contributed by atoms with Crippen LogP contribution in [0.2, 0.25) is 0 Å². The third-order valence-corrected chi connectivity index (χ3v) is 5.10. The highest BCUT2D eigenvalue weighted by Gasteiger charge is 2.50. The highest BCUT2D eigenvalue weighted by molar-refractivity contribution is 6.13. The number of anilines is 1. The lowest BCUT2D eigenvalue weighted by Gasteiger charge is -2.34. The van der Waals surface area contributed by atoms with Crippen molar-refractivity contribution in [2.75, 3.05) is 4.90 Å². The molecule has 1 N–H and O–H groups in total. The van der Waals surface area contributed by atoms with Crippen LogP contribution in [0.5, 0.6) is 0 Å². The zero-order valence-corrected chi connectivity index (χ0v) is 15.6. The number of nitrogens with zero attached hydrogens (tertiary/aromatic N) is 1. The summed E-state index contributed by atoms with van der Waals surface area (Å²) in [5.41, 5.74) is -2.58. The third kappa shape index (κ3) is 3.27. The van der Waals surface area contributed by atoms with Gasteiger partial charge in [0.1, 0.15) is 0 Å². The largest absolute Gasteiger partial charge is 0.416 e. The normalized spacial score (nSPS) is 18.4. The van der Waals surface area contributed by atoms with Crippen molar-refractivity contribution in [3.8, 4) is 0 Å². The fourth-order valence-electron chi connectivity index (χ4n) is 3.70. The Balaban J connectivity index is 1.83. The van der Waals surface area contributed by atoms with Gasteiger partial charge in [-0.15, -0.1) is 0 Å². The Morgan fingerprint density at radius 1 is 0.933 bits per heavy atom. The number of halogens is 3. The van der Waals surface area contributed by atoms with Crippen LogP contribution in [0.25, 0.3) is 0 Å². The molecule has 1 amide bonds. The summed E-state index contributed by atoms with van der Waals surface area (Å²) in [4.78, 5) is 26.8. The van der Waals surface area contributed by atoms with Gasteiger partial charge in [0.25, 0.3) is 5.91 Å². The second-order valence-electron chi connectivity index (χ2n) is 7.02. The van der Waals surface area contributed by atoms with E-state index in [9.17, 15) is 27.9 Å². The van der Waals surface area contributed by atoms with Crippen LogP contribution in [0, 0.1) is 0 Å². The van der Waals surface area contributed by atoms with Gasteiger partial charge in [0.15, 0.2) is 11.5 Å². The second kappa shape index (κ2) is 7.11. The van der Waals surface area contributed by atoms with Crippen LogP contribution in [0.3, 0.4) is 0 Å². The van der Waals surface area contributed by atoms with Gasteiger partial charge in [0.2, 0.25) is 0 Å². The predicted molar refractivity (Wildman–Crippen MR) is 104 cm³/mol. The van der Waals surface area contributed by atoms with Crippen LogP contribution in [0.15, 0.2) is 78.9 Å². The summed E-state index contributed by atoms with van der Waals surface area (Å²) >= 11 is 0. The summed E-state index contributed by atoms with van der Waals surface area (Å²) in [6.45, 7) is 0. The average Bonchev–Trinajstić information content (AvgIpc) is 2.95. The number of benzene rings is 3. The first-order valence-corrected chi connectivity index (χ1v) is 9.14. The van der Waals surface area contributed by atoms with Gasteiger partial charge in [-0.2, -0.15) is 13.2 Å². The molecule has 0 spiro atoms. The maximum absolute atomic E-state index is 13.2. The molecule has 1 aliphatic heterocycles. The fraction of sp³-hybridized carbons (Fsp3) is 0.130. The molecular weight excluding hydrogens is 395 g/mol. The van der Waals surface area contributed by atoms with Crippen LogP contribution in [-0.2, 0) is 11.9 Å². The molecule has 0 fully saturated rings. The quantitative estimate of drug-likeness (QED) is 0.629. The Kier molecular flexibility index (Phi) is 4.70. The topological polar surface area (TPSA) is 57.6 Å². The van der Waals surface area contributed by atoms with Crippen molar-refractivity contribution >= 4 is 17.4 Å². The second-order valence-corrected chi connectivity index (χ2v) is 7.02. The molecule has 0 saturated heterocycles. The summed E-state index contributed by atoms with van der Waals surface area (Å²) in [6, 6.07) is 18.5. The minimum Gasteiger partial charge on any atom is -0.366 e. The summed E-state index contributed by atoms with van der Waals surface area (Å²) < 4.78 is 39.7. The molecule has 0 bridgehead atoms. The first-order valence-electron chi connectivity index (χ1n) is 9.14. The zero-order chi connectivity index (χ0) is 21.5. The Bertz CT molecular complexity index is 1130. The van der Waals surface area contributed by atoms with E-state index < -0.39 is 35.6 Å². The number of carbonyl (C=O) groups is 2. The molecule has 0 saturated carbocycles. The van der Waals surface area contributed by atoms with E-state index in [2.05, 4.69) is 0 Å². The van der Waals surface area contributed by atoms with Crippen LogP contribution >= 0.6 is 0 Å². The summed E-state index contributed by atoms with van der Waals surface area (Å²) in [5, 5.41) is 11.6. The van der Waals surface area contributed by atoms with E-state index in [-0.39, 0.29) is 16.8 Å². The van der Waals surface area contributed by atoms with Gasteiger partial charge in [-0.1, -0.05) is 54.6 Å². The first kappa shape index (κ1) is 19.8. The van der Waals surface area contributed by atoms with E-state index in [1.807, 2.05) is 0 Å². The summed E-state index contributed by atoms with van der Waals surface area (Å²) in [7, 11) is 0. The van der Waals surface area contributed by atoms with Gasteiger partial charge < -0.3 is 5.11 Å². The van der Waals surface area contributed by atoms with E-state index in [1.165, 1.54) is 18.2 Å². The standard InChI is InChI=1S/C23H16F3NO3/c24-23(25,26)16-9-6-10-17(13-16)27-21(29)18-11-4-5-12-19(18)22(27,30)14-20(28)15-7-2-1-3-8-15/h1-13,30H,14H2. The molecule has 1 heterocycles. The zero-order valence-electron chi connectivity index (χ0n) is 15.6. The number of carbonyl (C=O) groups excluding carboxylic acids is 2. The number of Topliss-reactive ketones (excluding diaryl/α,β-unsaturated/α-hetero) is 1. The monoisotopic (exact) mass is 411 g/mol. The van der Waals surface area contributed by atoms with E-state index >= 15 is 0 Å². The smallest absolute Gasteiger partial charge is 0.366 e. The number of rotatable bonds is 4. The maximum atomic E-state index is 13.2. The van der Waals surface area contributed by atoms with Gasteiger partial charge in [0.05, 0.1) is 12.0 Å². The molecule has 1 unspecified atom stereocenters. The van der Waals surface area contributed by atoms with Crippen molar-refractivity contribution in [3.63, 3.8) is 0 Å². The van der Waals surface area contributed by atoms with Gasteiger partial charge in [-0.3, -0.25) is 14.5 Å². The highest BCUT2D eigenvalue weighted by Crippen LogP contribution is 2.44. The van der Waals surface area contributed by atoms with E-state index in [0.717, 1.165) is 23.1 Å². The van der Waals surface area contributed by atoms with Gasteiger partial charge >= 0.3 is 6.18 Å². The molecule has 7 heteroatoms. The number of hydrogen-bond donors (Lipinski definition) is 1. The highest BCUT2D eigenvalue weighted by atomic mass is 19.4. The van der Waals surface area contributed by atoms with E-state index in [1.54, 1.807) is 42.5 Å². The number of amides is 1. The SMILES string of the molecule is O=C(CC1(O)c2ccccc2C(=O)N1c1cccc(C(F)(F)F)c1)c1ccccc1.